The van der Waals surface area contributed by atoms with Gasteiger partial charge in [0, 0.05) is 22.8 Å². The van der Waals surface area contributed by atoms with Crippen LogP contribution in [-0.2, 0) is 4.74 Å². The number of aromatic nitrogens is 4. The third kappa shape index (κ3) is 2.96. The van der Waals surface area contributed by atoms with E-state index in [1.54, 1.807) is 17.1 Å². The maximum atomic E-state index is 5.52. The van der Waals surface area contributed by atoms with Gasteiger partial charge in [0.05, 0.1) is 29.1 Å². The first-order chi connectivity index (χ1) is 10.2. The highest BCUT2D eigenvalue weighted by Crippen LogP contribution is 2.22. The molecule has 0 saturated heterocycles. The molecule has 5 nitrogen and oxygen atoms in total. The molecule has 3 aromatic rings. The Morgan fingerprint density at radius 2 is 2.14 bits per heavy atom. The molecule has 3 rings (SSSR count). The van der Waals surface area contributed by atoms with Crippen LogP contribution >= 0.6 is 15.9 Å². The van der Waals surface area contributed by atoms with Crippen LogP contribution in [-0.4, -0.2) is 26.4 Å². The van der Waals surface area contributed by atoms with E-state index in [1.165, 1.54) is 0 Å². The summed E-state index contributed by atoms with van der Waals surface area (Å²) in [4.78, 5) is 9.08. The molecule has 0 bridgehead atoms. The number of ether oxygens (including phenoxy) is 1. The summed E-state index contributed by atoms with van der Waals surface area (Å²) >= 11 is 3.45. The average molecular weight is 347 g/mol. The molecule has 1 unspecified atom stereocenters. The molecule has 0 aliphatic rings. The van der Waals surface area contributed by atoms with Crippen molar-refractivity contribution in [2.24, 2.45) is 0 Å². The van der Waals surface area contributed by atoms with Crippen molar-refractivity contribution >= 4 is 27.0 Å². The second kappa shape index (κ2) is 5.91. The van der Waals surface area contributed by atoms with Gasteiger partial charge in [-0.15, -0.1) is 0 Å². The third-order valence-electron chi connectivity index (χ3n) is 3.18. The summed E-state index contributed by atoms with van der Waals surface area (Å²) in [6, 6.07) is 5.86. The van der Waals surface area contributed by atoms with Gasteiger partial charge in [0.1, 0.15) is 6.23 Å². The minimum Gasteiger partial charge on any atom is -0.357 e. The highest BCUT2D eigenvalue weighted by Gasteiger charge is 2.09. The average Bonchev–Trinajstić information content (AvgIpc) is 2.96. The highest BCUT2D eigenvalue weighted by molar-refractivity contribution is 9.10. The Kier molecular flexibility index (Phi) is 3.98. The lowest BCUT2D eigenvalue weighted by atomic mass is 10.2. The van der Waals surface area contributed by atoms with Crippen molar-refractivity contribution in [2.45, 2.75) is 20.1 Å². The minimum atomic E-state index is -0.0914. The van der Waals surface area contributed by atoms with Gasteiger partial charge < -0.3 is 4.74 Å². The lowest BCUT2D eigenvalue weighted by Crippen LogP contribution is -2.09. The van der Waals surface area contributed by atoms with E-state index < -0.39 is 0 Å². The predicted molar refractivity (Wildman–Crippen MR) is 84.8 cm³/mol. The van der Waals surface area contributed by atoms with Crippen LogP contribution in [0.2, 0.25) is 0 Å². The molecular weight excluding hydrogens is 332 g/mol. The molecule has 0 N–H and O–H groups in total. The Balaban J connectivity index is 1.96. The van der Waals surface area contributed by atoms with Crippen LogP contribution < -0.4 is 0 Å². The minimum absolute atomic E-state index is 0.0914. The number of fused-ring (bicyclic) bond motifs is 1. The fraction of sp³-hybridized carbons (Fsp3) is 0.267. The van der Waals surface area contributed by atoms with Crippen molar-refractivity contribution in [2.75, 3.05) is 6.61 Å². The highest BCUT2D eigenvalue weighted by atomic mass is 79.9. The molecule has 0 fully saturated rings. The largest absolute Gasteiger partial charge is 0.357 e. The van der Waals surface area contributed by atoms with Crippen LogP contribution in [0.3, 0.4) is 0 Å². The number of benzene rings is 1. The van der Waals surface area contributed by atoms with E-state index in [0.717, 1.165) is 26.8 Å². The zero-order valence-electron chi connectivity index (χ0n) is 11.8. The maximum Gasteiger partial charge on any atom is 0.147 e. The van der Waals surface area contributed by atoms with Crippen molar-refractivity contribution in [1.29, 1.82) is 0 Å². The van der Waals surface area contributed by atoms with Crippen molar-refractivity contribution in [3.05, 3.63) is 41.3 Å². The van der Waals surface area contributed by atoms with Crippen LogP contribution in [0.25, 0.3) is 22.3 Å². The van der Waals surface area contributed by atoms with Gasteiger partial charge >= 0.3 is 0 Å². The molecule has 1 aromatic carbocycles. The van der Waals surface area contributed by atoms with Gasteiger partial charge in [-0.05, 0) is 32.0 Å². The van der Waals surface area contributed by atoms with Crippen molar-refractivity contribution in [3.63, 3.8) is 0 Å². The van der Waals surface area contributed by atoms with Crippen LogP contribution in [0.4, 0.5) is 0 Å². The summed E-state index contributed by atoms with van der Waals surface area (Å²) in [5.74, 6) is 0. The summed E-state index contributed by atoms with van der Waals surface area (Å²) in [5.41, 5.74) is 3.45. The lowest BCUT2D eigenvalue weighted by molar-refractivity contribution is 0.0160. The summed E-state index contributed by atoms with van der Waals surface area (Å²) in [6.45, 7) is 4.58. The van der Waals surface area contributed by atoms with Gasteiger partial charge in [-0.3, -0.25) is 4.98 Å². The maximum absolute atomic E-state index is 5.52. The molecule has 0 spiro atoms. The van der Waals surface area contributed by atoms with Gasteiger partial charge in [0.2, 0.25) is 0 Å². The SMILES string of the molecule is CCOC(C)n1cc(-c2cnc3ccc(Br)cc3n2)cn1. The Morgan fingerprint density at radius 3 is 2.95 bits per heavy atom. The van der Waals surface area contributed by atoms with E-state index >= 15 is 0 Å². The molecule has 1 atom stereocenters. The standard InChI is InChI=1S/C15H15BrN4O/c1-3-21-10(2)20-9-11(7-18-20)15-8-17-13-5-4-12(16)6-14(13)19-15/h4-10H,3H2,1-2H3. The normalized spacial score (nSPS) is 12.7. The van der Waals surface area contributed by atoms with E-state index in [4.69, 9.17) is 4.74 Å². The molecule has 0 saturated carbocycles. The zero-order chi connectivity index (χ0) is 14.8. The summed E-state index contributed by atoms with van der Waals surface area (Å²) in [5, 5.41) is 4.32. The monoisotopic (exact) mass is 346 g/mol. The van der Waals surface area contributed by atoms with Crippen LogP contribution in [0.5, 0.6) is 0 Å². The number of hydrogen-bond donors (Lipinski definition) is 0. The predicted octanol–water partition coefficient (Wildman–Crippen LogP) is 3.81. The van der Waals surface area contributed by atoms with E-state index in [0.29, 0.717) is 6.61 Å². The van der Waals surface area contributed by atoms with Crippen molar-refractivity contribution in [1.82, 2.24) is 19.7 Å². The summed E-state index contributed by atoms with van der Waals surface area (Å²) < 4.78 is 8.29. The van der Waals surface area contributed by atoms with Gasteiger partial charge in [-0.1, -0.05) is 15.9 Å². The van der Waals surface area contributed by atoms with Gasteiger partial charge in [-0.25, -0.2) is 9.67 Å². The Morgan fingerprint density at radius 1 is 1.29 bits per heavy atom. The number of rotatable bonds is 4. The smallest absolute Gasteiger partial charge is 0.147 e. The van der Waals surface area contributed by atoms with Crippen molar-refractivity contribution < 1.29 is 4.74 Å². The fourth-order valence-corrected chi connectivity index (χ4v) is 2.46. The molecule has 2 heterocycles. The molecule has 0 aliphatic heterocycles. The zero-order valence-corrected chi connectivity index (χ0v) is 13.4. The Bertz CT molecular complexity index is 771. The number of hydrogen-bond acceptors (Lipinski definition) is 4. The van der Waals surface area contributed by atoms with E-state index in [9.17, 15) is 0 Å². The molecule has 2 aromatic heterocycles. The number of nitrogens with zero attached hydrogens (tertiary/aromatic N) is 4. The quantitative estimate of drug-likeness (QED) is 0.720. The van der Waals surface area contributed by atoms with E-state index in [2.05, 4.69) is 31.0 Å². The first-order valence-corrected chi connectivity index (χ1v) is 7.55. The van der Waals surface area contributed by atoms with E-state index in [-0.39, 0.29) is 6.23 Å². The molecular formula is C15H15BrN4O. The molecule has 108 valence electrons. The second-order valence-electron chi connectivity index (χ2n) is 4.65. The molecule has 0 radical (unpaired) electrons. The second-order valence-corrected chi connectivity index (χ2v) is 5.57. The Labute approximate surface area is 131 Å². The van der Waals surface area contributed by atoms with Crippen LogP contribution in [0.15, 0.2) is 41.3 Å². The lowest BCUT2D eigenvalue weighted by Gasteiger charge is -2.11. The first kappa shape index (κ1) is 14.2. The molecule has 0 amide bonds. The number of halogens is 1. The van der Waals surface area contributed by atoms with Crippen LogP contribution in [0.1, 0.15) is 20.1 Å². The fourth-order valence-electron chi connectivity index (χ4n) is 2.11. The van der Waals surface area contributed by atoms with Gasteiger partial charge in [0.15, 0.2) is 0 Å². The molecule has 0 aliphatic carbocycles. The Hall–Kier alpha value is -1.79. The summed E-state index contributed by atoms with van der Waals surface area (Å²) in [6.07, 6.45) is 5.38. The van der Waals surface area contributed by atoms with E-state index in [1.807, 2.05) is 38.2 Å². The van der Waals surface area contributed by atoms with Gasteiger partial charge in [0.25, 0.3) is 0 Å². The first-order valence-electron chi connectivity index (χ1n) is 6.76. The summed E-state index contributed by atoms with van der Waals surface area (Å²) in [7, 11) is 0. The van der Waals surface area contributed by atoms with Crippen LogP contribution in [0, 0.1) is 0 Å². The third-order valence-corrected chi connectivity index (χ3v) is 3.68. The molecule has 6 heteroatoms. The van der Waals surface area contributed by atoms with Crippen molar-refractivity contribution in [3.8, 4) is 11.3 Å². The molecule has 21 heavy (non-hydrogen) atoms. The topological polar surface area (TPSA) is 52.8 Å². The van der Waals surface area contributed by atoms with Gasteiger partial charge in [-0.2, -0.15) is 5.10 Å².